The van der Waals surface area contributed by atoms with Crippen molar-refractivity contribution in [1.29, 1.82) is 0 Å². The van der Waals surface area contributed by atoms with Gasteiger partial charge in [0.1, 0.15) is 0 Å². The molecule has 2 amide bonds. The van der Waals surface area contributed by atoms with Crippen LogP contribution in [0.5, 0.6) is 0 Å². The lowest BCUT2D eigenvalue weighted by molar-refractivity contribution is -0.136. The molecule has 1 fully saturated rings. The summed E-state index contributed by atoms with van der Waals surface area (Å²) in [6.07, 6.45) is 1.16. The third-order valence-electron chi connectivity index (χ3n) is 5.20. The Hall–Kier alpha value is -1.89. The molecule has 7 heteroatoms. The topological polar surface area (TPSA) is 72.5 Å². The molecule has 2 aliphatic heterocycles. The summed E-state index contributed by atoms with van der Waals surface area (Å²) in [6.45, 7) is 7.63. The van der Waals surface area contributed by atoms with Crippen LogP contribution in [0.1, 0.15) is 43.1 Å². The molecule has 2 aliphatic rings. The lowest BCUT2D eigenvalue weighted by atomic mass is 9.98. The fourth-order valence-electron chi connectivity index (χ4n) is 3.72. The van der Waals surface area contributed by atoms with Crippen molar-refractivity contribution in [3.63, 3.8) is 0 Å². The number of amides is 2. The van der Waals surface area contributed by atoms with E-state index >= 15 is 0 Å². The molecule has 3 heterocycles. The highest BCUT2D eigenvalue weighted by molar-refractivity contribution is 5.89. The summed E-state index contributed by atoms with van der Waals surface area (Å²) < 4.78 is 0. The van der Waals surface area contributed by atoms with Crippen molar-refractivity contribution >= 4 is 11.8 Å². The normalized spacial score (nSPS) is 20.7. The Morgan fingerprint density at radius 3 is 2.84 bits per heavy atom. The number of hydrogen-bond acceptors (Lipinski definition) is 4. The van der Waals surface area contributed by atoms with Crippen LogP contribution in [0.25, 0.3) is 0 Å². The maximum Gasteiger partial charge on any atom is 0.228 e. The second kappa shape index (κ2) is 7.15. The first kappa shape index (κ1) is 17.9. The largest absolute Gasteiger partial charge is 0.341 e. The number of likely N-dealkylation sites (tertiary alicyclic amines) is 1. The number of carbonyl (C=O) groups excluding carboxylic acids is 2. The molecule has 1 aromatic rings. The van der Waals surface area contributed by atoms with Crippen LogP contribution in [0, 0.1) is 5.92 Å². The molecule has 1 unspecified atom stereocenters. The van der Waals surface area contributed by atoms with Gasteiger partial charge in [0.25, 0.3) is 0 Å². The van der Waals surface area contributed by atoms with E-state index in [1.807, 2.05) is 23.9 Å². The molecule has 7 nitrogen and oxygen atoms in total. The van der Waals surface area contributed by atoms with Crippen molar-refractivity contribution in [2.75, 3.05) is 40.3 Å². The van der Waals surface area contributed by atoms with Gasteiger partial charge in [-0.1, -0.05) is 13.8 Å². The molecular formula is C18H29N5O2. The Morgan fingerprint density at radius 2 is 2.16 bits per heavy atom. The number of hydrogen-bond donors (Lipinski definition) is 1. The molecular weight excluding hydrogens is 318 g/mol. The van der Waals surface area contributed by atoms with E-state index in [2.05, 4.69) is 28.9 Å². The summed E-state index contributed by atoms with van der Waals surface area (Å²) in [6, 6.07) is 0. The summed E-state index contributed by atoms with van der Waals surface area (Å²) in [5.41, 5.74) is 3.38. The van der Waals surface area contributed by atoms with E-state index in [1.54, 1.807) is 0 Å². The predicted molar refractivity (Wildman–Crippen MR) is 95.0 cm³/mol. The first-order chi connectivity index (χ1) is 11.9. The SMILES string of the molecule is CC(C)c1n[nH]c2c1CN(C(=O)C1CC(=O)N(CCN(C)C)C1)CC2. The van der Waals surface area contributed by atoms with E-state index in [0.717, 1.165) is 24.4 Å². The van der Waals surface area contributed by atoms with Gasteiger partial charge in [0, 0.05) is 56.8 Å². The van der Waals surface area contributed by atoms with Crippen molar-refractivity contribution in [2.24, 2.45) is 5.92 Å². The Bertz CT molecular complexity index is 652. The monoisotopic (exact) mass is 347 g/mol. The zero-order valence-corrected chi connectivity index (χ0v) is 15.7. The summed E-state index contributed by atoms with van der Waals surface area (Å²) in [5.74, 6) is 0.349. The van der Waals surface area contributed by atoms with Crippen LogP contribution >= 0.6 is 0 Å². The zero-order chi connectivity index (χ0) is 18.1. The van der Waals surface area contributed by atoms with Gasteiger partial charge in [-0.3, -0.25) is 14.7 Å². The Kier molecular flexibility index (Phi) is 5.13. The van der Waals surface area contributed by atoms with E-state index < -0.39 is 0 Å². The van der Waals surface area contributed by atoms with E-state index in [1.165, 1.54) is 5.56 Å². The highest BCUT2D eigenvalue weighted by atomic mass is 16.2. The predicted octanol–water partition coefficient (Wildman–Crippen LogP) is 0.828. The van der Waals surface area contributed by atoms with Crippen LogP contribution in [0.15, 0.2) is 0 Å². The average Bonchev–Trinajstić information content (AvgIpc) is 3.15. The Balaban J connectivity index is 1.64. The number of H-pyrrole nitrogens is 1. The summed E-state index contributed by atoms with van der Waals surface area (Å²) in [7, 11) is 3.98. The van der Waals surface area contributed by atoms with Gasteiger partial charge in [0.05, 0.1) is 11.6 Å². The second-order valence-corrected chi connectivity index (χ2v) is 7.77. The molecule has 25 heavy (non-hydrogen) atoms. The van der Waals surface area contributed by atoms with Crippen LogP contribution < -0.4 is 0 Å². The zero-order valence-electron chi connectivity index (χ0n) is 15.7. The van der Waals surface area contributed by atoms with Gasteiger partial charge in [0.2, 0.25) is 11.8 Å². The van der Waals surface area contributed by atoms with Crippen LogP contribution in [-0.2, 0) is 22.6 Å². The van der Waals surface area contributed by atoms with E-state index in [0.29, 0.717) is 38.5 Å². The molecule has 0 saturated carbocycles. The minimum atomic E-state index is -0.203. The Morgan fingerprint density at radius 1 is 1.40 bits per heavy atom. The number of likely N-dealkylation sites (N-methyl/N-ethyl adjacent to an activating group) is 1. The van der Waals surface area contributed by atoms with E-state index in [4.69, 9.17) is 0 Å². The van der Waals surface area contributed by atoms with Gasteiger partial charge in [-0.25, -0.2) is 0 Å². The van der Waals surface area contributed by atoms with E-state index in [9.17, 15) is 9.59 Å². The third kappa shape index (κ3) is 3.71. The minimum Gasteiger partial charge on any atom is -0.341 e. The lowest BCUT2D eigenvalue weighted by Crippen LogP contribution is -2.41. The molecule has 138 valence electrons. The minimum absolute atomic E-state index is 0.101. The molecule has 0 spiro atoms. The van der Waals surface area contributed by atoms with Gasteiger partial charge in [-0.05, 0) is 20.0 Å². The highest BCUT2D eigenvalue weighted by Gasteiger charge is 2.37. The van der Waals surface area contributed by atoms with Crippen LogP contribution in [0.2, 0.25) is 0 Å². The fraction of sp³-hybridized carbons (Fsp3) is 0.722. The Labute approximate surface area is 149 Å². The molecule has 1 atom stereocenters. The standard InChI is InChI=1S/C18H29N5O2/c1-12(2)17-14-11-23(6-5-15(14)19-20-17)18(25)13-9-16(24)22(10-13)8-7-21(3)4/h12-13H,5-11H2,1-4H3,(H,19,20). The van der Waals surface area contributed by atoms with Gasteiger partial charge in [0.15, 0.2) is 0 Å². The molecule has 0 radical (unpaired) electrons. The smallest absolute Gasteiger partial charge is 0.228 e. The van der Waals surface area contributed by atoms with Crippen molar-refractivity contribution in [3.05, 3.63) is 17.0 Å². The molecule has 3 rings (SSSR count). The molecule has 0 bridgehead atoms. The van der Waals surface area contributed by atoms with Crippen molar-refractivity contribution in [2.45, 2.75) is 39.2 Å². The molecule has 0 aromatic carbocycles. The number of carbonyl (C=O) groups is 2. The van der Waals surface area contributed by atoms with Gasteiger partial charge in [-0.2, -0.15) is 5.10 Å². The summed E-state index contributed by atoms with van der Waals surface area (Å²) >= 11 is 0. The van der Waals surface area contributed by atoms with Crippen LogP contribution in [0.3, 0.4) is 0 Å². The summed E-state index contributed by atoms with van der Waals surface area (Å²) in [4.78, 5) is 31.0. The fourth-order valence-corrected chi connectivity index (χ4v) is 3.72. The maximum atomic E-state index is 12.9. The van der Waals surface area contributed by atoms with Crippen molar-refractivity contribution in [3.8, 4) is 0 Å². The number of nitrogens with one attached hydrogen (secondary N) is 1. The summed E-state index contributed by atoms with van der Waals surface area (Å²) in [5, 5.41) is 7.55. The van der Waals surface area contributed by atoms with Crippen molar-refractivity contribution < 1.29 is 9.59 Å². The van der Waals surface area contributed by atoms with E-state index in [-0.39, 0.29) is 17.7 Å². The van der Waals surface area contributed by atoms with Crippen molar-refractivity contribution in [1.82, 2.24) is 24.9 Å². The third-order valence-corrected chi connectivity index (χ3v) is 5.20. The van der Waals surface area contributed by atoms with Gasteiger partial charge < -0.3 is 14.7 Å². The molecule has 1 saturated heterocycles. The average molecular weight is 347 g/mol. The molecule has 1 N–H and O–H groups in total. The number of aromatic amines is 1. The number of nitrogens with zero attached hydrogens (tertiary/aromatic N) is 4. The number of fused-ring (bicyclic) bond motifs is 1. The number of aromatic nitrogens is 2. The molecule has 0 aliphatic carbocycles. The van der Waals surface area contributed by atoms with Crippen LogP contribution in [0.4, 0.5) is 0 Å². The lowest BCUT2D eigenvalue weighted by Gasteiger charge is -2.29. The number of rotatable bonds is 5. The maximum absolute atomic E-state index is 12.9. The first-order valence-corrected chi connectivity index (χ1v) is 9.14. The van der Waals surface area contributed by atoms with Crippen LogP contribution in [-0.4, -0.2) is 77.0 Å². The molecule has 1 aromatic heterocycles. The van der Waals surface area contributed by atoms with Gasteiger partial charge >= 0.3 is 0 Å². The highest BCUT2D eigenvalue weighted by Crippen LogP contribution is 2.28. The first-order valence-electron chi connectivity index (χ1n) is 9.14. The van der Waals surface area contributed by atoms with Gasteiger partial charge in [-0.15, -0.1) is 0 Å². The second-order valence-electron chi connectivity index (χ2n) is 7.77. The quantitative estimate of drug-likeness (QED) is 0.856.